The lowest BCUT2D eigenvalue weighted by Crippen LogP contribution is -2.30. The Balaban J connectivity index is 1.71. The monoisotopic (exact) mass is 315 g/mol. The maximum absolute atomic E-state index is 12.1. The van der Waals surface area contributed by atoms with Crippen LogP contribution in [-0.4, -0.2) is 24.3 Å². The van der Waals surface area contributed by atoms with Crippen molar-refractivity contribution in [2.24, 2.45) is 5.10 Å². The maximum atomic E-state index is 12.1. The molecule has 2 amide bonds. The summed E-state index contributed by atoms with van der Waals surface area (Å²) in [6.07, 6.45) is -0.557. The van der Waals surface area contributed by atoms with Gasteiger partial charge < -0.3 is 10.1 Å². The molecule has 1 aliphatic rings. The number of carbonyl (C=O) groups is 2. The number of nitrogens with zero attached hydrogens (tertiary/aromatic N) is 1. The van der Waals surface area contributed by atoms with Crippen LogP contribution in [0.3, 0.4) is 0 Å². The van der Waals surface area contributed by atoms with Gasteiger partial charge in [0.25, 0.3) is 5.91 Å². The van der Waals surface area contributed by atoms with Crippen molar-refractivity contribution in [2.75, 3.05) is 11.9 Å². The zero-order valence-electron chi connectivity index (χ0n) is 11.8. The van der Waals surface area contributed by atoms with Gasteiger partial charge in [0, 0.05) is 11.3 Å². The van der Waals surface area contributed by atoms with E-state index in [1.165, 1.54) is 11.3 Å². The average Bonchev–Trinajstić information content (AvgIpc) is 2.95. The molecule has 0 aliphatic carbocycles. The molecule has 1 aromatic heterocycles. The molecule has 6 nitrogen and oxygen atoms in total. The second kappa shape index (κ2) is 5.98. The van der Waals surface area contributed by atoms with Crippen molar-refractivity contribution in [3.8, 4) is 0 Å². The summed E-state index contributed by atoms with van der Waals surface area (Å²) in [6, 6.07) is 9.12. The van der Waals surface area contributed by atoms with Crippen LogP contribution in [0, 0.1) is 6.92 Å². The number of aryl methyl sites for hydroxylation is 1. The smallest absolute Gasteiger partial charge is 0.428 e. The van der Waals surface area contributed by atoms with Crippen LogP contribution in [-0.2, 0) is 4.74 Å². The number of thiophene rings is 1. The lowest BCUT2D eigenvalue weighted by atomic mass is 10.1. The Morgan fingerprint density at radius 3 is 2.68 bits per heavy atom. The Morgan fingerprint density at radius 2 is 2.09 bits per heavy atom. The number of anilines is 1. The highest BCUT2D eigenvalue weighted by atomic mass is 32.1. The summed E-state index contributed by atoms with van der Waals surface area (Å²) in [5.41, 5.74) is 5.37. The molecule has 0 unspecified atom stereocenters. The summed E-state index contributed by atoms with van der Waals surface area (Å²) in [5, 5.41) is 8.67. The van der Waals surface area contributed by atoms with E-state index in [1.54, 1.807) is 12.1 Å². The van der Waals surface area contributed by atoms with Crippen LogP contribution in [0.1, 0.15) is 20.8 Å². The number of cyclic esters (lactones) is 1. The number of hydrogen-bond acceptors (Lipinski definition) is 5. The highest BCUT2D eigenvalue weighted by Crippen LogP contribution is 2.18. The zero-order chi connectivity index (χ0) is 15.5. The lowest BCUT2D eigenvalue weighted by molar-refractivity contribution is 0.103. The Labute approximate surface area is 130 Å². The van der Waals surface area contributed by atoms with E-state index in [0.717, 1.165) is 11.1 Å². The third-order valence-corrected chi connectivity index (χ3v) is 4.18. The van der Waals surface area contributed by atoms with Crippen molar-refractivity contribution in [2.45, 2.75) is 6.92 Å². The van der Waals surface area contributed by atoms with Gasteiger partial charge in [-0.05, 0) is 36.1 Å². The second-order valence-corrected chi connectivity index (χ2v) is 5.63. The molecule has 22 heavy (non-hydrogen) atoms. The van der Waals surface area contributed by atoms with E-state index in [-0.39, 0.29) is 12.5 Å². The molecule has 1 aromatic carbocycles. The zero-order valence-corrected chi connectivity index (χ0v) is 12.6. The van der Waals surface area contributed by atoms with Crippen molar-refractivity contribution >= 4 is 34.7 Å². The van der Waals surface area contributed by atoms with Crippen molar-refractivity contribution in [1.82, 2.24) is 5.43 Å². The third kappa shape index (κ3) is 2.99. The van der Waals surface area contributed by atoms with E-state index in [2.05, 4.69) is 15.8 Å². The van der Waals surface area contributed by atoms with Crippen LogP contribution in [0.4, 0.5) is 10.5 Å². The quantitative estimate of drug-likeness (QED) is 0.914. The van der Waals surface area contributed by atoms with Gasteiger partial charge in [-0.1, -0.05) is 12.1 Å². The number of nitrogens with one attached hydrogen (secondary N) is 2. The number of hydrazone groups is 1. The molecule has 0 radical (unpaired) electrons. The fourth-order valence-electron chi connectivity index (χ4n) is 2.00. The van der Waals surface area contributed by atoms with Gasteiger partial charge in [0.05, 0.1) is 4.88 Å². The first kappa shape index (κ1) is 14.3. The highest BCUT2D eigenvalue weighted by Gasteiger charge is 2.14. The number of carbonyl (C=O) groups excluding carboxylic acids is 2. The molecular formula is C15H13N3O3S. The van der Waals surface area contributed by atoms with E-state index in [9.17, 15) is 9.59 Å². The first-order valence-electron chi connectivity index (χ1n) is 6.59. The second-order valence-electron chi connectivity index (χ2n) is 4.71. The lowest BCUT2D eigenvalue weighted by Gasteiger charge is -2.13. The predicted molar refractivity (Wildman–Crippen MR) is 84.5 cm³/mol. The van der Waals surface area contributed by atoms with Gasteiger partial charge >= 0.3 is 6.09 Å². The van der Waals surface area contributed by atoms with Crippen LogP contribution in [0.25, 0.3) is 0 Å². The number of amides is 2. The van der Waals surface area contributed by atoms with Gasteiger partial charge in [-0.15, -0.1) is 11.3 Å². The van der Waals surface area contributed by atoms with Gasteiger partial charge in [0.1, 0.15) is 12.3 Å². The summed E-state index contributed by atoms with van der Waals surface area (Å²) >= 11 is 1.42. The largest absolute Gasteiger partial charge is 0.442 e. The number of hydrogen-bond donors (Lipinski definition) is 2. The molecule has 0 saturated carbocycles. The summed E-state index contributed by atoms with van der Waals surface area (Å²) in [6.45, 7) is 2.04. The molecule has 0 fully saturated rings. The van der Waals surface area contributed by atoms with Crippen molar-refractivity contribution in [3.05, 3.63) is 51.7 Å². The number of ether oxygens (including phenoxy) is 1. The molecule has 0 spiro atoms. The van der Waals surface area contributed by atoms with Crippen molar-refractivity contribution in [3.63, 3.8) is 0 Å². The van der Waals surface area contributed by atoms with Crippen LogP contribution in [0.15, 0.2) is 40.8 Å². The molecule has 2 N–H and O–H groups in total. The van der Waals surface area contributed by atoms with Crippen LogP contribution in [0.2, 0.25) is 0 Å². The Hall–Kier alpha value is -2.67. The van der Waals surface area contributed by atoms with Gasteiger partial charge in [-0.25, -0.2) is 10.2 Å². The maximum Gasteiger partial charge on any atom is 0.428 e. The van der Waals surface area contributed by atoms with E-state index >= 15 is 0 Å². The van der Waals surface area contributed by atoms with Crippen LogP contribution < -0.4 is 10.7 Å². The topological polar surface area (TPSA) is 79.8 Å². The summed E-state index contributed by atoms with van der Waals surface area (Å²) in [7, 11) is 0. The molecule has 2 heterocycles. The minimum atomic E-state index is -0.557. The van der Waals surface area contributed by atoms with E-state index in [4.69, 9.17) is 4.74 Å². The average molecular weight is 315 g/mol. The fourth-order valence-corrected chi connectivity index (χ4v) is 2.82. The van der Waals surface area contributed by atoms with Crippen molar-refractivity contribution in [1.29, 1.82) is 0 Å². The van der Waals surface area contributed by atoms with E-state index in [0.29, 0.717) is 16.3 Å². The summed E-state index contributed by atoms with van der Waals surface area (Å²) in [4.78, 5) is 23.7. The van der Waals surface area contributed by atoms with Gasteiger partial charge in [-0.3, -0.25) is 4.79 Å². The minimum Gasteiger partial charge on any atom is -0.442 e. The molecule has 0 saturated heterocycles. The Morgan fingerprint density at radius 1 is 1.32 bits per heavy atom. The fraction of sp³-hybridized carbons (Fsp3) is 0.133. The first-order valence-corrected chi connectivity index (χ1v) is 7.46. The Kier molecular flexibility index (Phi) is 3.88. The van der Waals surface area contributed by atoms with Gasteiger partial charge in [0.2, 0.25) is 0 Å². The molecule has 0 atom stereocenters. The Bertz CT molecular complexity index is 750. The molecule has 3 rings (SSSR count). The van der Waals surface area contributed by atoms with E-state index in [1.807, 2.05) is 30.5 Å². The molecule has 112 valence electrons. The summed E-state index contributed by atoms with van der Waals surface area (Å²) in [5.74, 6) is -0.120. The normalized spacial score (nSPS) is 13.9. The molecule has 0 bridgehead atoms. The van der Waals surface area contributed by atoms with Crippen molar-refractivity contribution < 1.29 is 14.3 Å². The molecular weight excluding hydrogens is 302 g/mol. The van der Waals surface area contributed by atoms with Gasteiger partial charge in [0.15, 0.2) is 0 Å². The summed E-state index contributed by atoms with van der Waals surface area (Å²) < 4.78 is 4.85. The molecule has 2 aromatic rings. The molecule has 7 heteroatoms. The highest BCUT2D eigenvalue weighted by molar-refractivity contribution is 7.12. The van der Waals surface area contributed by atoms with E-state index < -0.39 is 6.09 Å². The standard InChI is InChI=1S/C15H13N3O3S/c1-9-6-7-22-13(9)14(19)16-11-4-2-10(3-5-11)12-8-21-15(20)18-17-12/h2-7H,8H2,1H3,(H,16,19)(H,18,20). The van der Waals surface area contributed by atoms with Crippen LogP contribution >= 0.6 is 11.3 Å². The predicted octanol–water partition coefficient (Wildman–Crippen LogP) is 2.75. The third-order valence-electron chi connectivity index (χ3n) is 3.17. The molecule has 1 aliphatic heterocycles. The SMILES string of the molecule is Cc1ccsc1C(=O)Nc1ccc(C2=NNC(=O)OC2)cc1. The number of rotatable bonds is 3. The minimum absolute atomic E-state index is 0.120. The first-order chi connectivity index (χ1) is 10.6. The van der Waals surface area contributed by atoms with Gasteiger partial charge in [-0.2, -0.15) is 5.10 Å². The number of benzene rings is 1. The van der Waals surface area contributed by atoms with Crippen LogP contribution in [0.5, 0.6) is 0 Å².